The summed E-state index contributed by atoms with van der Waals surface area (Å²) in [6.45, 7) is 3.18. The Bertz CT molecular complexity index is 559. The first-order chi connectivity index (χ1) is 9.38. The summed E-state index contributed by atoms with van der Waals surface area (Å²) in [4.78, 5) is 7.27. The van der Waals surface area contributed by atoms with E-state index in [0.717, 1.165) is 31.0 Å². The van der Waals surface area contributed by atoms with Gasteiger partial charge in [-0.1, -0.05) is 18.2 Å². The second-order valence-corrected chi connectivity index (χ2v) is 5.23. The highest BCUT2D eigenvalue weighted by molar-refractivity contribution is 5.84. The summed E-state index contributed by atoms with van der Waals surface area (Å²) in [5.41, 5.74) is 2.45. The van der Waals surface area contributed by atoms with Crippen LogP contribution in [0.5, 0.6) is 0 Å². The van der Waals surface area contributed by atoms with E-state index in [9.17, 15) is 0 Å². The van der Waals surface area contributed by atoms with Crippen LogP contribution in [0.3, 0.4) is 0 Å². The van der Waals surface area contributed by atoms with E-state index in [0.29, 0.717) is 0 Å². The van der Waals surface area contributed by atoms with Gasteiger partial charge in [0.15, 0.2) is 0 Å². The van der Waals surface area contributed by atoms with Gasteiger partial charge < -0.3 is 10.2 Å². The molecule has 0 amide bonds. The number of hydrogen-bond acceptors (Lipinski definition) is 3. The van der Waals surface area contributed by atoms with Crippen LogP contribution in [-0.4, -0.2) is 25.1 Å². The third-order valence-electron chi connectivity index (χ3n) is 3.84. The molecule has 1 aromatic carbocycles. The fraction of sp³-hybridized carbons (Fsp3) is 0.438. The predicted octanol–water partition coefficient (Wildman–Crippen LogP) is 2.94. The molecule has 0 bridgehead atoms. The Kier molecular flexibility index (Phi) is 3.65. The zero-order valence-corrected chi connectivity index (χ0v) is 11.5. The lowest BCUT2D eigenvalue weighted by Gasteiger charge is -2.28. The van der Waals surface area contributed by atoms with Gasteiger partial charge in [0.2, 0.25) is 0 Å². The van der Waals surface area contributed by atoms with Gasteiger partial charge in [0, 0.05) is 25.0 Å². The quantitative estimate of drug-likeness (QED) is 0.914. The van der Waals surface area contributed by atoms with Gasteiger partial charge in [0.25, 0.3) is 0 Å². The average Bonchev–Trinajstić information content (AvgIpc) is 2.48. The van der Waals surface area contributed by atoms with Gasteiger partial charge in [-0.25, -0.2) is 4.98 Å². The lowest BCUT2D eigenvalue weighted by atomic mass is 10.1. The van der Waals surface area contributed by atoms with Crippen molar-refractivity contribution < 1.29 is 0 Å². The minimum atomic E-state index is 0.893. The molecule has 0 spiro atoms. The van der Waals surface area contributed by atoms with E-state index in [1.54, 1.807) is 0 Å². The second-order valence-electron chi connectivity index (χ2n) is 5.23. The Labute approximate surface area is 114 Å². The number of rotatable bonds is 3. The number of benzene rings is 1. The Hall–Kier alpha value is -1.61. The number of pyridine rings is 1. The number of aromatic nitrogens is 1. The highest BCUT2D eigenvalue weighted by Gasteiger charge is 2.14. The van der Waals surface area contributed by atoms with Crippen LogP contribution in [0.15, 0.2) is 30.3 Å². The number of para-hydroxylation sites is 1. The topological polar surface area (TPSA) is 28.2 Å². The molecule has 19 heavy (non-hydrogen) atoms. The van der Waals surface area contributed by atoms with Crippen molar-refractivity contribution in [3.8, 4) is 0 Å². The van der Waals surface area contributed by atoms with Crippen LogP contribution >= 0.6 is 0 Å². The highest BCUT2D eigenvalue weighted by atomic mass is 15.2. The molecule has 1 aliphatic heterocycles. The molecule has 1 aromatic heterocycles. The van der Waals surface area contributed by atoms with Crippen LogP contribution in [0.25, 0.3) is 10.9 Å². The van der Waals surface area contributed by atoms with Crippen molar-refractivity contribution >= 4 is 16.7 Å². The van der Waals surface area contributed by atoms with Crippen molar-refractivity contribution in [3.63, 3.8) is 0 Å². The normalized spacial score (nSPS) is 15.9. The molecular weight excluding hydrogens is 234 g/mol. The third-order valence-corrected chi connectivity index (χ3v) is 3.84. The molecule has 1 aliphatic rings. The standard InChI is InChI=1S/C16H21N3/c1-17-12-13-11-16(19-9-5-2-6-10-19)18-15-8-4-3-7-14(13)15/h3-4,7-8,11,17H,2,5-6,9-10,12H2,1H3. The molecule has 2 heterocycles. The molecule has 0 saturated carbocycles. The molecule has 0 aliphatic carbocycles. The third kappa shape index (κ3) is 2.56. The number of anilines is 1. The maximum atomic E-state index is 4.84. The summed E-state index contributed by atoms with van der Waals surface area (Å²) >= 11 is 0. The highest BCUT2D eigenvalue weighted by Crippen LogP contribution is 2.25. The molecule has 3 heteroatoms. The van der Waals surface area contributed by atoms with Crippen molar-refractivity contribution in [1.82, 2.24) is 10.3 Å². The van der Waals surface area contributed by atoms with Gasteiger partial charge in [-0.2, -0.15) is 0 Å². The average molecular weight is 255 g/mol. The molecule has 1 fully saturated rings. The van der Waals surface area contributed by atoms with Crippen molar-refractivity contribution in [3.05, 3.63) is 35.9 Å². The minimum Gasteiger partial charge on any atom is -0.357 e. The first-order valence-corrected chi connectivity index (χ1v) is 7.17. The van der Waals surface area contributed by atoms with E-state index >= 15 is 0 Å². The lowest BCUT2D eigenvalue weighted by Crippen LogP contribution is -2.30. The molecule has 0 radical (unpaired) electrons. The van der Waals surface area contributed by atoms with Crippen LogP contribution in [0.4, 0.5) is 5.82 Å². The van der Waals surface area contributed by atoms with E-state index in [-0.39, 0.29) is 0 Å². The minimum absolute atomic E-state index is 0.893. The Balaban J connectivity index is 2.04. The first-order valence-electron chi connectivity index (χ1n) is 7.17. The van der Waals surface area contributed by atoms with Crippen molar-refractivity contribution in [1.29, 1.82) is 0 Å². The Morgan fingerprint density at radius 3 is 2.74 bits per heavy atom. The van der Waals surface area contributed by atoms with Crippen molar-refractivity contribution in [2.45, 2.75) is 25.8 Å². The second kappa shape index (κ2) is 5.57. The number of nitrogens with zero attached hydrogens (tertiary/aromatic N) is 2. The molecule has 1 N–H and O–H groups in total. The summed E-state index contributed by atoms with van der Waals surface area (Å²) in [5.74, 6) is 1.14. The molecule has 3 rings (SSSR count). The lowest BCUT2D eigenvalue weighted by molar-refractivity contribution is 0.574. The molecular formula is C16H21N3. The molecule has 3 nitrogen and oxygen atoms in total. The number of hydrogen-bond donors (Lipinski definition) is 1. The van der Waals surface area contributed by atoms with Crippen LogP contribution < -0.4 is 10.2 Å². The van der Waals surface area contributed by atoms with Gasteiger partial charge in [-0.05, 0) is 44.0 Å². The number of nitrogens with one attached hydrogen (secondary N) is 1. The summed E-state index contributed by atoms with van der Waals surface area (Å²) in [6.07, 6.45) is 3.93. The van der Waals surface area contributed by atoms with E-state index in [2.05, 4.69) is 40.5 Å². The molecule has 0 atom stereocenters. The first kappa shape index (κ1) is 12.4. The molecule has 100 valence electrons. The van der Waals surface area contributed by atoms with Gasteiger partial charge >= 0.3 is 0 Å². The Morgan fingerprint density at radius 2 is 1.95 bits per heavy atom. The fourth-order valence-corrected chi connectivity index (χ4v) is 2.85. The van der Waals surface area contributed by atoms with Gasteiger partial charge in [0.1, 0.15) is 5.82 Å². The number of fused-ring (bicyclic) bond motifs is 1. The number of piperidine rings is 1. The Morgan fingerprint density at radius 1 is 1.16 bits per heavy atom. The monoisotopic (exact) mass is 255 g/mol. The maximum Gasteiger partial charge on any atom is 0.129 e. The van der Waals surface area contributed by atoms with E-state index in [1.165, 1.54) is 30.2 Å². The smallest absolute Gasteiger partial charge is 0.129 e. The summed E-state index contributed by atoms with van der Waals surface area (Å²) in [6, 6.07) is 10.7. The van der Waals surface area contributed by atoms with E-state index < -0.39 is 0 Å². The molecule has 2 aromatic rings. The van der Waals surface area contributed by atoms with Crippen molar-refractivity contribution in [2.75, 3.05) is 25.0 Å². The van der Waals surface area contributed by atoms with Crippen LogP contribution in [0.1, 0.15) is 24.8 Å². The van der Waals surface area contributed by atoms with Gasteiger partial charge in [0.05, 0.1) is 5.52 Å². The predicted molar refractivity (Wildman–Crippen MR) is 80.6 cm³/mol. The SMILES string of the molecule is CNCc1cc(N2CCCCC2)nc2ccccc12. The molecule has 1 saturated heterocycles. The molecule has 0 unspecified atom stereocenters. The zero-order valence-electron chi connectivity index (χ0n) is 11.5. The summed E-state index contributed by atoms with van der Waals surface area (Å²) in [7, 11) is 2.00. The van der Waals surface area contributed by atoms with E-state index in [4.69, 9.17) is 4.98 Å². The zero-order chi connectivity index (χ0) is 13.1. The largest absolute Gasteiger partial charge is 0.357 e. The summed E-state index contributed by atoms with van der Waals surface area (Å²) < 4.78 is 0. The van der Waals surface area contributed by atoms with Crippen molar-refractivity contribution in [2.24, 2.45) is 0 Å². The fourth-order valence-electron chi connectivity index (χ4n) is 2.85. The van der Waals surface area contributed by atoms with Crippen LogP contribution in [0, 0.1) is 0 Å². The van der Waals surface area contributed by atoms with E-state index in [1.807, 2.05) is 7.05 Å². The van der Waals surface area contributed by atoms with Gasteiger partial charge in [-0.3, -0.25) is 0 Å². The van der Waals surface area contributed by atoms with Crippen LogP contribution in [0.2, 0.25) is 0 Å². The van der Waals surface area contributed by atoms with Gasteiger partial charge in [-0.15, -0.1) is 0 Å². The summed E-state index contributed by atoms with van der Waals surface area (Å²) in [5, 5.41) is 4.52. The maximum absolute atomic E-state index is 4.84. The van der Waals surface area contributed by atoms with Crippen LogP contribution in [-0.2, 0) is 6.54 Å².